The minimum Gasteiger partial charge on any atom is -0.497 e. The van der Waals surface area contributed by atoms with E-state index in [2.05, 4.69) is 10.1 Å². The highest BCUT2D eigenvalue weighted by Gasteiger charge is 2.42. The van der Waals surface area contributed by atoms with Crippen LogP contribution in [0.1, 0.15) is 29.3 Å². The number of hydrogen-bond donors (Lipinski definition) is 2. The number of para-hydroxylation sites is 1. The first-order valence-corrected chi connectivity index (χ1v) is 16.2. The van der Waals surface area contributed by atoms with Crippen molar-refractivity contribution in [2.75, 3.05) is 26.6 Å². The number of aliphatic hydroxyl groups is 1. The van der Waals surface area contributed by atoms with E-state index < -0.39 is 29.7 Å². The number of nitrogen functional groups attached to an aromatic ring is 1. The zero-order valence-electron chi connectivity index (χ0n) is 27.6. The predicted octanol–water partition coefficient (Wildman–Crippen LogP) is 5.35. The van der Waals surface area contributed by atoms with Gasteiger partial charge < -0.3 is 29.8 Å². The van der Waals surface area contributed by atoms with Gasteiger partial charge in [-0.3, -0.25) is 4.57 Å². The lowest BCUT2D eigenvalue weighted by Gasteiger charge is -2.37. The molecule has 1 fully saturated rings. The standard InChI is InChI=1S/C39H37N5O6/c1-47-30-17-13-27(14-18-30)39(26-9-5-3-6-10-26,28-15-19-31(48-2)20-16-28)49-25-35-34(45)23-36(50-35)43-24-32(37(40)41-38(43)46)33-21-22-44(42-33)29-11-7-4-8-12-29/h3-22,24,34-36,45H,23,25H2,1-2H3,(H2,40,41,46)/t34-,35+,36+/m0/s1. The Morgan fingerprint density at radius 3 is 2.02 bits per heavy atom. The fourth-order valence-corrected chi connectivity index (χ4v) is 6.39. The number of anilines is 1. The molecule has 7 rings (SSSR count). The molecule has 1 aliphatic heterocycles. The summed E-state index contributed by atoms with van der Waals surface area (Å²) >= 11 is 0. The molecule has 50 heavy (non-hydrogen) atoms. The van der Waals surface area contributed by atoms with Crippen molar-refractivity contribution >= 4 is 5.82 Å². The highest BCUT2D eigenvalue weighted by Crippen LogP contribution is 2.43. The summed E-state index contributed by atoms with van der Waals surface area (Å²) in [6.45, 7) is -0.00386. The largest absolute Gasteiger partial charge is 0.497 e. The molecule has 11 heteroatoms. The Kier molecular flexibility index (Phi) is 9.18. The molecule has 4 aromatic carbocycles. The fraction of sp³-hybridized carbons (Fsp3) is 0.205. The molecule has 0 radical (unpaired) electrons. The van der Waals surface area contributed by atoms with Crippen molar-refractivity contribution < 1.29 is 24.1 Å². The van der Waals surface area contributed by atoms with Crippen molar-refractivity contribution in [2.24, 2.45) is 0 Å². The molecule has 0 unspecified atom stereocenters. The van der Waals surface area contributed by atoms with Gasteiger partial charge in [-0.2, -0.15) is 10.1 Å². The van der Waals surface area contributed by atoms with E-state index in [0.29, 0.717) is 22.8 Å². The maximum Gasteiger partial charge on any atom is 0.351 e. The molecule has 3 heterocycles. The van der Waals surface area contributed by atoms with Gasteiger partial charge >= 0.3 is 5.69 Å². The summed E-state index contributed by atoms with van der Waals surface area (Å²) in [4.78, 5) is 17.2. The summed E-state index contributed by atoms with van der Waals surface area (Å²) in [7, 11) is 3.24. The summed E-state index contributed by atoms with van der Waals surface area (Å²) in [5, 5.41) is 16.0. The molecule has 0 aliphatic carbocycles. The minimum atomic E-state index is -1.11. The van der Waals surface area contributed by atoms with Gasteiger partial charge in [-0.15, -0.1) is 0 Å². The number of hydrogen-bond acceptors (Lipinski definition) is 9. The third-order valence-electron chi connectivity index (χ3n) is 9.02. The van der Waals surface area contributed by atoms with Crippen LogP contribution in [0.2, 0.25) is 0 Å². The predicted molar refractivity (Wildman–Crippen MR) is 188 cm³/mol. The lowest BCUT2D eigenvalue weighted by molar-refractivity contribution is -0.0943. The third-order valence-corrected chi connectivity index (χ3v) is 9.02. The molecule has 2 aromatic heterocycles. The Balaban J connectivity index is 1.20. The Morgan fingerprint density at radius 2 is 1.42 bits per heavy atom. The fourth-order valence-electron chi connectivity index (χ4n) is 6.39. The van der Waals surface area contributed by atoms with Crippen molar-refractivity contribution in [3.8, 4) is 28.4 Å². The first kappa shape index (κ1) is 32.8. The number of benzene rings is 4. The Bertz CT molecular complexity index is 2050. The summed E-state index contributed by atoms with van der Waals surface area (Å²) in [6.07, 6.45) is 1.01. The molecule has 254 valence electrons. The molecule has 0 saturated carbocycles. The molecule has 0 bridgehead atoms. The quantitative estimate of drug-likeness (QED) is 0.175. The average Bonchev–Trinajstić information content (AvgIpc) is 3.80. The van der Waals surface area contributed by atoms with Crippen molar-refractivity contribution in [3.63, 3.8) is 0 Å². The zero-order chi connectivity index (χ0) is 34.7. The summed E-state index contributed by atoms with van der Waals surface area (Å²) < 4.78 is 27.3. The number of aliphatic hydroxyl groups excluding tert-OH is 1. The average molecular weight is 672 g/mol. The van der Waals surface area contributed by atoms with Crippen molar-refractivity contribution in [3.05, 3.63) is 155 Å². The molecule has 3 atom stereocenters. The van der Waals surface area contributed by atoms with E-state index in [1.54, 1.807) is 31.2 Å². The van der Waals surface area contributed by atoms with Gasteiger partial charge in [0.15, 0.2) is 0 Å². The van der Waals surface area contributed by atoms with E-state index in [4.69, 9.17) is 24.7 Å². The molecule has 0 amide bonds. The number of ether oxygens (including phenoxy) is 4. The van der Waals surface area contributed by atoms with Gasteiger partial charge in [-0.05, 0) is 59.2 Å². The van der Waals surface area contributed by atoms with E-state index in [-0.39, 0.29) is 18.8 Å². The molecule has 1 aliphatic rings. The lowest BCUT2D eigenvalue weighted by atomic mass is 9.80. The van der Waals surface area contributed by atoms with Crippen LogP contribution in [-0.4, -0.2) is 57.5 Å². The molecule has 3 N–H and O–H groups in total. The maximum absolute atomic E-state index is 13.2. The Morgan fingerprint density at radius 1 is 0.840 bits per heavy atom. The molecular formula is C39H37N5O6. The van der Waals surface area contributed by atoms with Gasteiger partial charge in [-0.25, -0.2) is 9.48 Å². The highest BCUT2D eigenvalue weighted by atomic mass is 16.6. The number of nitrogens with zero attached hydrogens (tertiary/aromatic N) is 4. The van der Waals surface area contributed by atoms with Crippen LogP contribution in [0.15, 0.2) is 132 Å². The Labute approximate surface area is 289 Å². The SMILES string of the molecule is COc1ccc(C(OC[C@H]2O[C@@H](n3cc(-c4ccn(-c5ccccc5)n4)c(N)nc3=O)C[C@@H]2O)(c2ccccc2)c2ccc(OC)cc2)cc1. The first-order valence-electron chi connectivity index (χ1n) is 16.2. The zero-order valence-corrected chi connectivity index (χ0v) is 27.6. The topological polar surface area (TPSA) is 136 Å². The second-order valence-electron chi connectivity index (χ2n) is 12.0. The van der Waals surface area contributed by atoms with Gasteiger partial charge in [0.2, 0.25) is 0 Å². The van der Waals surface area contributed by atoms with E-state index in [0.717, 1.165) is 22.4 Å². The van der Waals surface area contributed by atoms with Crippen LogP contribution in [0, 0.1) is 0 Å². The number of rotatable bonds is 11. The van der Waals surface area contributed by atoms with Crippen LogP contribution < -0.4 is 20.9 Å². The van der Waals surface area contributed by atoms with Gasteiger partial charge in [0.25, 0.3) is 0 Å². The molecule has 1 saturated heterocycles. The Hall–Kier alpha value is -5.75. The summed E-state index contributed by atoms with van der Waals surface area (Å²) in [6, 6.07) is 36.7. The maximum atomic E-state index is 13.2. The van der Waals surface area contributed by atoms with Crippen LogP contribution in [-0.2, 0) is 15.1 Å². The second-order valence-corrected chi connectivity index (χ2v) is 12.0. The minimum absolute atomic E-state index is 0.00386. The van der Waals surface area contributed by atoms with Gasteiger partial charge in [0, 0.05) is 18.8 Å². The first-order chi connectivity index (χ1) is 24.4. The normalized spacial score (nSPS) is 17.5. The number of methoxy groups -OCH3 is 2. The summed E-state index contributed by atoms with van der Waals surface area (Å²) in [5.74, 6) is 1.46. The molecule has 0 spiro atoms. The number of aromatic nitrogens is 4. The molecular weight excluding hydrogens is 634 g/mol. The van der Waals surface area contributed by atoms with Crippen molar-refractivity contribution in [1.82, 2.24) is 19.3 Å². The van der Waals surface area contributed by atoms with E-state index in [1.807, 2.05) is 115 Å². The second kappa shape index (κ2) is 14.0. The van der Waals surface area contributed by atoms with E-state index in [9.17, 15) is 9.90 Å². The third kappa shape index (κ3) is 6.25. The van der Waals surface area contributed by atoms with Crippen LogP contribution in [0.5, 0.6) is 11.5 Å². The van der Waals surface area contributed by atoms with Crippen LogP contribution in [0.25, 0.3) is 16.9 Å². The molecule has 11 nitrogen and oxygen atoms in total. The van der Waals surface area contributed by atoms with Crippen LogP contribution in [0.3, 0.4) is 0 Å². The highest BCUT2D eigenvalue weighted by molar-refractivity contribution is 5.69. The monoisotopic (exact) mass is 671 g/mol. The van der Waals surface area contributed by atoms with Crippen molar-refractivity contribution in [2.45, 2.75) is 30.5 Å². The van der Waals surface area contributed by atoms with Crippen LogP contribution in [0.4, 0.5) is 5.82 Å². The van der Waals surface area contributed by atoms with Gasteiger partial charge in [-0.1, -0.05) is 72.8 Å². The van der Waals surface area contributed by atoms with Gasteiger partial charge in [0.05, 0.1) is 43.9 Å². The van der Waals surface area contributed by atoms with Gasteiger partial charge in [0.1, 0.15) is 35.2 Å². The number of nitrogens with two attached hydrogens (primary N) is 1. The van der Waals surface area contributed by atoms with E-state index in [1.165, 1.54) is 4.57 Å². The molecule has 6 aromatic rings. The summed E-state index contributed by atoms with van der Waals surface area (Å²) in [5.41, 5.74) is 8.97. The van der Waals surface area contributed by atoms with Crippen LogP contribution >= 0.6 is 0 Å². The van der Waals surface area contributed by atoms with Crippen molar-refractivity contribution in [1.29, 1.82) is 0 Å². The lowest BCUT2D eigenvalue weighted by Crippen LogP contribution is -2.38. The smallest absolute Gasteiger partial charge is 0.351 e. The van der Waals surface area contributed by atoms with E-state index >= 15 is 0 Å².